The van der Waals surface area contributed by atoms with Crippen LogP contribution in [0.4, 0.5) is 0 Å². The lowest BCUT2D eigenvalue weighted by molar-refractivity contribution is -0.129. The molecule has 10 heavy (non-hydrogen) atoms. The van der Waals surface area contributed by atoms with Gasteiger partial charge in [0, 0.05) is 13.1 Å². The molecule has 0 aliphatic carbocycles. The number of rotatable bonds is 4. The van der Waals surface area contributed by atoms with Crippen LogP contribution in [0.1, 0.15) is 6.42 Å². The highest BCUT2D eigenvalue weighted by Crippen LogP contribution is 1.86. The third-order valence-electron chi connectivity index (χ3n) is 1.02. The molecule has 1 atom stereocenters. The molecule has 0 saturated heterocycles. The molecule has 0 aliphatic heterocycles. The first-order chi connectivity index (χ1) is 4.72. The fourth-order valence-corrected chi connectivity index (χ4v) is 0.444. The number of nitrogens with two attached hydrogens (primary N) is 1. The Balaban J connectivity index is 3.42. The van der Waals surface area contributed by atoms with E-state index in [4.69, 9.17) is 10.8 Å². The topological polar surface area (TPSA) is 75.3 Å². The maximum atomic E-state index is 10.7. The van der Waals surface area contributed by atoms with Gasteiger partial charge in [0.2, 0.25) is 5.91 Å². The Morgan fingerprint density at radius 1 is 1.80 bits per heavy atom. The van der Waals surface area contributed by atoms with Crippen LogP contribution in [0.3, 0.4) is 0 Å². The Labute approximate surface area is 60.4 Å². The summed E-state index contributed by atoms with van der Waals surface area (Å²) >= 11 is 0. The molecule has 4 nitrogen and oxygen atoms in total. The second-order valence-electron chi connectivity index (χ2n) is 1.88. The van der Waals surface area contributed by atoms with Crippen LogP contribution in [0.5, 0.6) is 0 Å². The van der Waals surface area contributed by atoms with Gasteiger partial charge in [0.25, 0.3) is 0 Å². The van der Waals surface area contributed by atoms with E-state index in [1.807, 2.05) is 0 Å². The number of hydrogen-bond acceptors (Lipinski definition) is 3. The Hall–Kier alpha value is -0.610. The molecule has 1 amide bonds. The Morgan fingerprint density at radius 2 is 2.40 bits per heavy atom. The lowest BCUT2D eigenvalue weighted by Gasteiger charge is -2.06. The molecule has 0 aromatic heterocycles. The summed E-state index contributed by atoms with van der Waals surface area (Å²) in [6.07, 6.45) is -0.803. The molecule has 0 saturated carbocycles. The van der Waals surface area contributed by atoms with Crippen molar-refractivity contribution in [3.8, 4) is 0 Å². The van der Waals surface area contributed by atoms with Gasteiger partial charge in [0.15, 0.2) is 0 Å². The number of amides is 1. The SMILES string of the molecule is [CH2]CC(O)C(=O)NCCN. The van der Waals surface area contributed by atoms with E-state index in [2.05, 4.69) is 12.2 Å². The average molecular weight is 145 g/mol. The summed E-state index contributed by atoms with van der Waals surface area (Å²) in [5.41, 5.74) is 5.11. The largest absolute Gasteiger partial charge is 0.383 e. The van der Waals surface area contributed by atoms with Gasteiger partial charge in [0.05, 0.1) is 0 Å². The summed E-state index contributed by atoms with van der Waals surface area (Å²) in [5, 5.41) is 11.3. The predicted octanol–water partition coefficient (Wildman–Crippen LogP) is -1.35. The van der Waals surface area contributed by atoms with Crippen molar-refractivity contribution >= 4 is 5.91 Å². The highest BCUT2D eigenvalue weighted by Gasteiger charge is 2.09. The highest BCUT2D eigenvalue weighted by molar-refractivity contribution is 5.80. The molecule has 4 heteroatoms. The lowest BCUT2D eigenvalue weighted by Crippen LogP contribution is -2.36. The maximum absolute atomic E-state index is 10.7. The number of aliphatic hydroxyl groups excluding tert-OH is 1. The normalized spacial score (nSPS) is 12.7. The van der Waals surface area contributed by atoms with Crippen LogP contribution in [0.2, 0.25) is 0 Å². The van der Waals surface area contributed by atoms with Crippen molar-refractivity contribution in [2.75, 3.05) is 13.1 Å². The smallest absolute Gasteiger partial charge is 0.248 e. The fraction of sp³-hybridized carbons (Fsp3) is 0.667. The summed E-state index contributed by atoms with van der Waals surface area (Å²) < 4.78 is 0. The number of nitrogens with one attached hydrogen (secondary N) is 1. The van der Waals surface area contributed by atoms with Gasteiger partial charge in [0.1, 0.15) is 6.10 Å². The zero-order valence-electron chi connectivity index (χ0n) is 5.84. The number of carbonyl (C=O) groups excluding carboxylic acids is 1. The minimum atomic E-state index is -0.994. The molecule has 0 aromatic carbocycles. The van der Waals surface area contributed by atoms with Gasteiger partial charge in [-0.2, -0.15) is 0 Å². The Kier molecular flexibility index (Phi) is 4.88. The van der Waals surface area contributed by atoms with Crippen LogP contribution in [-0.2, 0) is 4.79 Å². The van der Waals surface area contributed by atoms with Crippen molar-refractivity contribution in [3.63, 3.8) is 0 Å². The molecule has 0 spiro atoms. The third-order valence-corrected chi connectivity index (χ3v) is 1.02. The second kappa shape index (κ2) is 5.20. The first-order valence-corrected chi connectivity index (χ1v) is 3.17. The molecule has 4 N–H and O–H groups in total. The molecule has 1 radical (unpaired) electrons. The minimum absolute atomic E-state index is 0.191. The number of carbonyl (C=O) groups is 1. The molecule has 59 valence electrons. The van der Waals surface area contributed by atoms with Crippen molar-refractivity contribution in [1.82, 2.24) is 5.32 Å². The molecule has 0 heterocycles. The standard InChI is InChI=1S/C6H13N2O2/c1-2-5(9)6(10)8-4-3-7/h5,9H,1-4,7H2,(H,8,10). The molecule has 0 rings (SSSR count). The summed E-state index contributed by atoms with van der Waals surface area (Å²) in [6, 6.07) is 0. The lowest BCUT2D eigenvalue weighted by atomic mass is 10.2. The van der Waals surface area contributed by atoms with E-state index in [9.17, 15) is 4.79 Å². The van der Waals surface area contributed by atoms with Crippen molar-refractivity contribution in [1.29, 1.82) is 0 Å². The first-order valence-electron chi connectivity index (χ1n) is 3.17. The van der Waals surface area contributed by atoms with Crippen LogP contribution in [-0.4, -0.2) is 30.2 Å². The van der Waals surface area contributed by atoms with E-state index < -0.39 is 12.0 Å². The number of aliphatic hydroxyl groups is 1. The van der Waals surface area contributed by atoms with Gasteiger partial charge in [-0.05, 0) is 6.42 Å². The van der Waals surface area contributed by atoms with Crippen molar-refractivity contribution in [3.05, 3.63) is 6.92 Å². The van der Waals surface area contributed by atoms with Crippen LogP contribution in [0.25, 0.3) is 0 Å². The van der Waals surface area contributed by atoms with Gasteiger partial charge < -0.3 is 16.2 Å². The molecule has 0 aromatic rings. The molecule has 1 unspecified atom stereocenters. The van der Waals surface area contributed by atoms with Crippen molar-refractivity contribution < 1.29 is 9.90 Å². The van der Waals surface area contributed by atoms with E-state index in [-0.39, 0.29) is 6.42 Å². The molecular formula is C6H13N2O2. The highest BCUT2D eigenvalue weighted by atomic mass is 16.3. The first kappa shape index (κ1) is 9.39. The average Bonchev–Trinajstić information content (AvgIpc) is 1.98. The summed E-state index contributed by atoms with van der Waals surface area (Å²) in [4.78, 5) is 10.7. The quantitative estimate of drug-likeness (QED) is 0.457. The van der Waals surface area contributed by atoms with E-state index in [0.29, 0.717) is 13.1 Å². The Bertz CT molecular complexity index is 106. The molecule has 0 aliphatic rings. The zero-order chi connectivity index (χ0) is 7.98. The molecule has 0 bridgehead atoms. The summed E-state index contributed by atoms with van der Waals surface area (Å²) in [5.74, 6) is -0.402. The third kappa shape index (κ3) is 3.42. The van der Waals surface area contributed by atoms with Gasteiger partial charge >= 0.3 is 0 Å². The monoisotopic (exact) mass is 145 g/mol. The van der Waals surface area contributed by atoms with E-state index in [1.165, 1.54) is 0 Å². The number of hydrogen-bond donors (Lipinski definition) is 3. The van der Waals surface area contributed by atoms with E-state index in [0.717, 1.165) is 0 Å². The Morgan fingerprint density at radius 3 is 2.80 bits per heavy atom. The predicted molar refractivity (Wildman–Crippen MR) is 38.0 cm³/mol. The van der Waals surface area contributed by atoms with E-state index in [1.54, 1.807) is 0 Å². The van der Waals surface area contributed by atoms with Crippen molar-refractivity contribution in [2.24, 2.45) is 5.73 Å². The summed E-state index contributed by atoms with van der Waals surface area (Å²) in [6.45, 7) is 4.16. The minimum Gasteiger partial charge on any atom is -0.383 e. The van der Waals surface area contributed by atoms with Crippen molar-refractivity contribution in [2.45, 2.75) is 12.5 Å². The van der Waals surface area contributed by atoms with E-state index >= 15 is 0 Å². The van der Waals surface area contributed by atoms with Gasteiger partial charge in [-0.15, -0.1) is 0 Å². The maximum Gasteiger partial charge on any atom is 0.248 e. The van der Waals surface area contributed by atoms with Gasteiger partial charge in [-0.1, -0.05) is 6.92 Å². The van der Waals surface area contributed by atoms with Gasteiger partial charge in [-0.25, -0.2) is 0 Å². The fourth-order valence-electron chi connectivity index (χ4n) is 0.444. The van der Waals surface area contributed by atoms with Crippen LogP contribution < -0.4 is 11.1 Å². The van der Waals surface area contributed by atoms with Crippen LogP contribution in [0, 0.1) is 6.92 Å². The van der Waals surface area contributed by atoms with Gasteiger partial charge in [-0.3, -0.25) is 4.79 Å². The molecule has 0 fully saturated rings. The summed E-state index contributed by atoms with van der Waals surface area (Å²) in [7, 11) is 0. The second-order valence-corrected chi connectivity index (χ2v) is 1.88. The van der Waals surface area contributed by atoms with Crippen LogP contribution in [0.15, 0.2) is 0 Å². The zero-order valence-corrected chi connectivity index (χ0v) is 5.84. The molecular weight excluding hydrogens is 132 g/mol. The van der Waals surface area contributed by atoms with Crippen LogP contribution >= 0.6 is 0 Å².